The number of anilines is 1. The molecule has 1 unspecified atom stereocenters. The number of nitrogens with one attached hydrogen (secondary N) is 1. The number of hydrogen-bond donors (Lipinski definition) is 2. The molecule has 1 aromatic rings. The molecule has 1 aliphatic rings. The summed E-state index contributed by atoms with van der Waals surface area (Å²) in [5, 5.41) is 3.33. The Balaban J connectivity index is 1.86. The van der Waals surface area contributed by atoms with Crippen molar-refractivity contribution >= 4 is 17.4 Å². The first kappa shape index (κ1) is 11.8. The molecule has 0 aliphatic carbocycles. The molecule has 3 nitrogen and oxygen atoms in total. The average Bonchev–Trinajstić information content (AvgIpc) is 2.32. The summed E-state index contributed by atoms with van der Waals surface area (Å²) in [7, 11) is 0. The first-order valence-electron chi connectivity index (χ1n) is 5.57. The van der Waals surface area contributed by atoms with Crippen LogP contribution in [0.5, 0.6) is 0 Å². The standard InChI is InChI=1S/C12H18N2OS/c1-9-6-11(2-3-12(9)13)16-8-10-7-14-4-5-15-10/h2-3,6,10,14H,4-5,7-8,13H2,1H3. The maximum absolute atomic E-state index is 5.78. The molecule has 0 saturated carbocycles. The molecule has 1 fully saturated rings. The van der Waals surface area contributed by atoms with Crippen molar-refractivity contribution in [2.75, 3.05) is 31.2 Å². The van der Waals surface area contributed by atoms with E-state index in [1.54, 1.807) is 0 Å². The molecule has 0 bridgehead atoms. The van der Waals surface area contributed by atoms with Gasteiger partial charge in [0.05, 0.1) is 12.7 Å². The van der Waals surface area contributed by atoms with Crippen LogP contribution in [-0.4, -0.2) is 31.6 Å². The first-order valence-corrected chi connectivity index (χ1v) is 6.55. The molecule has 3 N–H and O–H groups in total. The van der Waals surface area contributed by atoms with Gasteiger partial charge in [0.15, 0.2) is 0 Å². The lowest BCUT2D eigenvalue weighted by Crippen LogP contribution is -2.39. The normalized spacial score (nSPS) is 20.9. The van der Waals surface area contributed by atoms with Gasteiger partial charge < -0.3 is 15.8 Å². The van der Waals surface area contributed by atoms with Gasteiger partial charge in [-0.25, -0.2) is 0 Å². The van der Waals surface area contributed by atoms with Crippen LogP contribution in [0.4, 0.5) is 5.69 Å². The number of nitrogen functional groups attached to an aromatic ring is 1. The Morgan fingerprint density at radius 1 is 1.56 bits per heavy atom. The third-order valence-electron chi connectivity index (χ3n) is 2.68. The summed E-state index contributed by atoms with van der Waals surface area (Å²) in [6, 6.07) is 6.18. The van der Waals surface area contributed by atoms with Crippen LogP contribution in [0.3, 0.4) is 0 Å². The van der Waals surface area contributed by atoms with E-state index in [0.717, 1.165) is 36.7 Å². The number of aryl methyl sites for hydroxylation is 1. The van der Waals surface area contributed by atoms with Gasteiger partial charge in [0.25, 0.3) is 0 Å². The Labute approximate surface area is 101 Å². The fraction of sp³-hybridized carbons (Fsp3) is 0.500. The number of morpholine rings is 1. The van der Waals surface area contributed by atoms with Gasteiger partial charge in [-0.15, -0.1) is 11.8 Å². The van der Waals surface area contributed by atoms with Gasteiger partial charge in [0, 0.05) is 29.4 Å². The highest BCUT2D eigenvalue weighted by Crippen LogP contribution is 2.23. The van der Waals surface area contributed by atoms with Crippen LogP contribution in [0.1, 0.15) is 5.56 Å². The van der Waals surface area contributed by atoms with Crippen molar-refractivity contribution in [2.24, 2.45) is 0 Å². The molecular weight excluding hydrogens is 220 g/mol. The van der Waals surface area contributed by atoms with E-state index in [-0.39, 0.29) is 0 Å². The van der Waals surface area contributed by atoms with E-state index in [2.05, 4.69) is 17.4 Å². The fourth-order valence-corrected chi connectivity index (χ4v) is 2.67. The van der Waals surface area contributed by atoms with Gasteiger partial charge in [0.1, 0.15) is 0 Å². The molecule has 0 spiro atoms. The molecule has 0 radical (unpaired) electrons. The van der Waals surface area contributed by atoms with Crippen molar-refractivity contribution in [3.63, 3.8) is 0 Å². The second-order valence-electron chi connectivity index (χ2n) is 4.03. The average molecular weight is 238 g/mol. The summed E-state index contributed by atoms with van der Waals surface area (Å²) in [5.74, 6) is 0.996. The van der Waals surface area contributed by atoms with Crippen LogP contribution >= 0.6 is 11.8 Å². The van der Waals surface area contributed by atoms with Crippen molar-refractivity contribution in [3.8, 4) is 0 Å². The van der Waals surface area contributed by atoms with Gasteiger partial charge >= 0.3 is 0 Å². The highest BCUT2D eigenvalue weighted by molar-refractivity contribution is 7.99. The lowest BCUT2D eigenvalue weighted by molar-refractivity contribution is 0.0441. The second-order valence-corrected chi connectivity index (χ2v) is 5.12. The van der Waals surface area contributed by atoms with E-state index in [0.29, 0.717) is 6.10 Å². The first-order chi connectivity index (χ1) is 7.75. The van der Waals surface area contributed by atoms with Crippen molar-refractivity contribution < 1.29 is 4.74 Å². The molecule has 1 saturated heterocycles. The minimum Gasteiger partial charge on any atom is -0.399 e. The summed E-state index contributed by atoms with van der Waals surface area (Å²) in [6.45, 7) is 4.80. The number of nitrogens with two attached hydrogens (primary N) is 1. The molecule has 0 aromatic heterocycles. The van der Waals surface area contributed by atoms with E-state index in [1.807, 2.05) is 24.8 Å². The summed E-state index contributed by atoms with van der Waals surface area (Å²) < 4.78 is 5.65. The Kier molecular flexibility index (Phi) is 4.09. The third-order valence-corrected chi connectivity index (χ3v) is 3.81. The number of ether oxygens (including phenoxy) is 1. The van der Waals surface area contributed by atoms with E-state index < -0.39 is 0 Å². The van der Waals surface area contributed by atoms with Crippen LogP contribution in [0.15, 0.2) is 23.1 Å². The van der Waals surface area contributed by atoms with Gasteiger partial charge in [-0.1, -0.05) is 0 Å². The van der Waals surface area contributed by atoms with Crippen molar-refractivity contribution in [2.45, 2.75) is 17.9 Å². The summed E-state index contributed by atoms with van der Waals surface area (Å²) >= 11 is 1.83. The smallest absolute Gasteiger partial charge is 0.0793 e. The summed E-state index contributed by atoms with van der Waals surface area (Å²) in [6.07, 6.45) is 0.330. The Bertz CT molecular complexity index is 351. The summed E-state index contributed by atoms with van der Waals surface area (Å²) in [4.78, 5) is 1.26. The highest BCUT2D eigenvalue weighted by atomic mass is 32.2. The maximum Gasteiger partial charge on any atom is 0.0793 e. The summed E-state index contributed by atoms with van der Waals surface area (Å²) in [5.41, 5.74) is 7.79. The number of thioether (sulfide) groups is 1. The molecule has 1 aliphatic heterocycles. The predicted molar refractivity (Wildman–Crippen MR) is 68.9 cm³/mol. The van der Waals surface area contributed by atoms with Gasteiger partial charge in [-0.05, 0) is 30.7 Å². The lowest BCUT2D eigenvalue weighted by atomic mass is 10.2. The molecule has 4 heteroatoms. The van der Waals surface area contributed by atoms with E-state index in [4.69, 9.17) is 10.5 Å². The topological polar surface area (TPSA) is 47.3 Å². The van der Waals surface area contributed by atoms with Crippen LogP contribution in [0.25, 0.3) is 0 Å². The Morgan fingerprint density at radius 3 is 3.12 bits per heavy atom. The van der Waals surface area contributed by atoms with E-state index in [9.17, 15) is 0 Å². The lowest BCUT2D eigenvalue weighted by Gasteiger charge is -2.23. The molecule has 1 atom stereocenters. The molecule has 88 valence electrons. The Morgan fingerprint density at radius 2 is 2.44 bits per heavy atom. The number of rotatable bonds is 3. The molecule has 0 amide bonds. The largest absolute Gasteiger partial charge is 0.399 e. The third kappa shape index (κ3) is 3.14. The van der Waals surface area contributed by atoms with Crippen LogP contribution < -0.4 is 11.1 Å². The maximum atomic E-state index is 5.78. The predicted octanol–water partition coefficient (Wildman–Crippen LogP) is 1.66. The fourth-order valence-electron chi connectivity index (χ4n) is 1.65. The molecule has 2 rings (SSSR count). The zero-order chi connectivity index (χ0) is 11.4. The molecule has 1 heterocycles. The quantitative estimate of drug-likeness (QED) is 0.621. The van der Waals surface area contributed by atoms with E-state index >= 15 is 0 Å². The second kappa shape index (κ2) is 5.57. The SMILES string of the molecule is Cc1cc(SCC2CNCCO2)ccc1N. The van der Waals surface area contributed by atoms with Crippen LogP contribution in [0, 0.1) is 6.92 Å². The van der Waals surface area contributed by atoms with Gasteiger partial charge in [-0.3, -0.25) is 0 Å². The van der Waals surface area contributed by atoms with Crippen LogP contribution in [0.2, 0.25) is 0 Å². The van der Waals surface area contributed by atoms with Gasteiger partial charge in [-0.2, -0.15) is 0 Å². The highest BCUT2D eigenvalue weighted by Gasteiger charge is 2.13. The van der Waals surface area contributed by atoms with Crippen molar-refractivity contribution in [3.05, 3.63) is 23.8 Å². The zero-order valence-corrected chi connectivity index (χ0v) is 10.3. The van der Waals surface area contributed by atoms with E-state index in [1.165, 1.54) is 4.90 Å². The Hall–Kier alpha value is -0.710. The van der Waals surface area contributed by atoms with Crippen LogP contribution in [-0.2, 0) is 4.74 Å². The number of benzene rings is 1. The molecular formula is C12H18N2OS. The van der Waals surface area contributed by atoms with Crippen molar-refractivity contribution in [1.29, 1.82) is 0 Å². The minimum absolute atomic E-state index is 0.330. The monoisotopic (exact) mass is 238 g/mol. The molecule has 1 aromatic carbocycles. The zero-order valence-electron chi connectivity index (χ0n) is 9.53. The molecule has 16 heavy (non-hydrogen) atoms. The van der Waals surface area contributed by atoms with Crippen molar-refractivity contribution in [1.82, 2.24) is 5.32 Å². The minimum atomic E-state index is 0.330. The number of hydrogen-bond acceptors (Lipinski definition) is 4. The van der Waals surface area contributed by atoms with Gasteiger partial charge in [0.2, 0.25) is 0 Å².